The zero-order valence-corrected chi connectivity index (χ0v) is 11.6. The number of aryl methyl sites for hydroxylation is 1. The minimum absolute atomic E-state index is 0.176. The van der Waals surface area contributed by atoms with E-state index < -0.39 is 0 Å². The second kappa shape index (κ2) is 5.49. The SMILES string of the molecule is Cc1cc(-c2ccc(=O)[nH]n2)ccc1NC1CCCC1. The molecule has 1 aromatic carbocycles. The fraction of sp³-hybridized carbons (Fsp3) is 0.375. The van der Waals surface area contributed by atoms with E-state index in [4.69, 9.17) is 0 Å². The molecule has 1 fully saturated rings. The van der Waals surface area contributed by atoms with Gasteiger partial charge in [-0.2, -0.15) is 5.10 Å². The normalized spacial score (nSPS) is 15.4. The van der Waals surface area contributed by atoms with Gasteiger partial charge in [-0.1, -0.05) is 18.9 Å². The van der Waals surface area contributed by atoms with Gasteiger partial charge in [-0.05, 0) is 43.5 Å². The Morgan fingerprint density at radius 1 is 1.20 bits per heavy atom. The van der Waals surface area contributed by atoms with Crippen LogP contribution in [0.2, 0.25) is 0 Å². The van der Waals surface area contributed by atoms with E-state index in [0.717, 1.165) is 11.3 Å². The van der Waals surface area contributed by atoms with Crippen LogP contribution in [0.15, 0.2) is 35.1 Å². The fourth-order valence-corrected chi connectivity index (χ4v) is 2.78. The number of nitrogens with zero attached hydrogens (tertiary/aromatic N) is 1. The molecule has 0 amide bonds. The molecule has 1 heterocycles. The number of aromatic nitrogens is 2. The first-order valence-corrected chi connectivity index (χ1v) is 7.16. The molecule has 0 radical (unpaired) electrons. The quantitative estimate of drug-likeness (QED) is 0.900. The van der Waals surface area contributed by atoms with Gasteiger partial charge in [0.2, 0.25) is 0 Å². The Balaban J connectivity index is 1.83. The van der Waals surface area contributed by atoms with E-state index in [9.17, 15) is 4.79 Å². The van der Waals surface area contributed by atoms with Gasteiger partial charge in [0.05, 0.1) is 5.69 Å². The molecule has 1 aromatic heterocycles. The lowest BCUT2D eigenvalue weighted by Gasteiger charge is -2.16. The van der Waals surface area contributed by atoms with Crippen LogP contribution in [0.5, 0.6) is 0 Å². The molecule has 2 aromatic rings. The number of hydrogen-bond donors (Lipinski definition) is 2. The summed E-state index contributed by atoms with van der Waals surface area (Å²) in [6, 6.07) is 10.1. The Hall–Kier alpha value is -2.10. The minimum atomic E-state index is -0.176. The molecule has 0 aliphatic heterocycles. The van der Waals surface area contributed by atoms with E-state index in [1.54, 1.807) is 6.07 Å². The first-order chi connectivity index (χ1) is 9.72. The molecule has 2 N–H and O–H groups in total. The molecule has 1 aliphatic carbocycles. The summed E-state index contributed by atoms with van der Waals surface area (Å²) < 4.78 is 0. The van der Waals surface area contributed by atoms with E-state index in [-0.39, 0.29) is 5.56 Å². The highest BCUT2D eigenvalue weighted by molar-refractivity contribution is 5.65. The van der Waals surface area contributed by atoms with Crippen LogP contribution in [-0.2, 0) is 0 Å². The fourth-order valence-electron chi connectivity index (χ4n) is 2.78. The summed E-state index contributed by atoms with van der Waals surface area (Å²) in [4.78, 5) is 11.0. The van der Waals surface area contributed by atoms with Gasteiger partial charge in [0, 0.05) is 23.4 Å². The van der Waals surface area contributed by atoms with Crippen LogP contribution in [0.25, 0.3) is 11.3 Å². The summed E-state index contributed by atoms with van der Waals surface area (Å²) in [6.07, 6.45) is 5.19. The molecule has 1 saturated carbocycles. The predicted molar refractivity (Wildman–Crippen MR) is 80.9 cm³/mol. The average Bonchev–Trinajstić information content (AvgIpc) is 2.95. The van der Waals surface area contributed by atoms with Gasteiger partial charge in [-0.15, -0.1) is 0 Å². The van der Waals surface area contributed by atoms with Crippen LogP contribution in [-0.4, -0.2) is 16.2 Å². The van der Waals surface area contributed by atoms with Gasteiger partial charge in [0.15, 0.2) is 0 Å². The maximum absolute atomic E-state index is 11.0. The highest BCUT2D eigenvalue weighted by atomic mass is 16.1. The van der Waals surface area contributed by atoms with Crippen LogP contribution < -0.4 is 10.9 Å². The molecular formula is C16H19N3O. The predicted octanol–water partition coefficient (Wildman–Crippen LogP) is 3.10. The highest BCUT2D eigenvalue weighted by Gasteiger charge is 2.15. The van der Waals surface area contributed by atoms with Crippen molar-refractivity contribution in [3.8, 4) is 11.3 Å². The van der Waals surface area contributed by atoms with Crippen LogP contribution in [0.1, 0.15) is 31.2 Å². The number of aromatic amines is 1. The van der Waals surface area contributed by atoms with Gasteiger partial charge < -0.3 is 5.32 Å². The summed E-state index contributed by atoms with van der Waals surface area (Å²) in [5, 5.41) is 10.2. The number of rotatable bonds is 3. The first kappa shape index (κ1) is 12.9. The van der Waals surface area contributed by atoms with Crippen molar-refractivity contribution in [2.75, 3.05) is 5.32 Å². The molecule has 0 saturated heterocycles. The Bertz CT molecular complexity index is 637. The monoisotopic (exact) mass is 269 g/mol. The third kappa shape index (κ3) is 2.74. The molecule has 0 atom stereocenters. The third-order valence-electron chi connectivity index (χ3n) is 3.92. The van der Waals surface area contributed by atoms with Crippen LogP contribution in [0, 0.1) is 6.92 Å². The summed E-state index contributed by atoms with van der Waals surface area (Å²) in [7, 11) is 0. The van der Waals surface area contributed by atoms with Crippen molar-refractivity contribution in [2.45, 2.75) is 38.6 Å². The topological polar surface area (TPSA) is 57.8 Å². The van der Waals surface area contributed by atoms with Crippen molar-refractivity contribution in [2.24, 2.45) is 0 Å². The van der Waals surface area contributed by atoms with Crippen molar-refractivity contribution in [1.29, 1.82) is 0 Å². The van der Waals surface area contributed by atoms with E-state index in [1.807, 2.05) is 6.07 Å². The number of benzene rings is 1. The molecule has 4 nitrogen and oxygen atoms in total. The van der Waals surface area contributed by atoms with Crippen molar-refractivity contribution in [1.82, 2.24) is 10.2 Å². The van der Waals surface area contributed by atoms with Crippen molar-refractivity contribution in [3.05, 3.63) is 46.2 Å². The number of anilines is 1. The maximum Gasteiger partial charge on any atom is 0.264 e. The Morgan fingerprint density at radius 2 is 2.00 bits per heavy atom. The lowest BCUT2D eigenvalue weighted by molar-refractivity contribution is 0.754. The molecule has 4 heteroatoms. The van der Waals surface area contributed by atoms with Crippen LogP contribution in [0.3, 0.4) is 0 Å². The molecule has 1 aliphatic rings. The average molecular weight is 269 g/mol. The van der Waals surface area contributed by atoms with Crippen molar-refractivity contribution in [3.63, 3.8) is 0 Å². The molecule has 0 bridgehead atoms. The van der Waals surface area contributed by atoms with E-state index in [1.165, 1.54) is 43.0 Å². The van der Waals surface area contributed by atoms with Gasteiger partial charge in [-0.25, -0.2) is 5.10 Å². The zero-order valence-electron chi connectivity index (χ0n) is 11.6. The van der Waals surface area contributed by atoms with Crippen molar-refractivity contribution < 1.29 is 0 Å². The maximum atomic E-state index is 11.0. The Kier molecular flexibility index (Phi) is 3.54. The van der Waals surface area contributed by atoms with Gasteiger partial charge >= 0.3 is 0 Å². The molecule has 0 unspecified atom stereocenters. The van der Waals surface area contributed by atoms with E-state index in [0.29, 0.717) is 6.04 Å². The van der Waals surface area contributed by atoms with Crippen LogP contribution >= 0.6 is 0 Å². The molecule has 104 valence electrons. The summed E-state index contributed by atoms with van der Waals surface area (Å²) >= 11 is 0. The number of H-pyrrole nitrogens is 1. The number of nitrogens with one attached hydrogen (secondary N) is 2. The van der Waals surface area contributed by atoms with Crippen molar-refractivity contribution >= 4 is 5.69 Å². The summed E-state index contributed by atoms with van der Waals surface area (Å²) in [5.74, 6) is 0. The molecule has 20 heavy (non-hydrogen) atoms. The van der Waals surface area contributed by atoms with Gasteiger partial charge in [0.25, 0.3) is 5.56 Å². The van der Waals surface area contributed by atoms with Crippen LogP contribution in [0.4, 0.5) is 5.69 Å². The zero-order chi connectivity index (χ0) is 13.9. The summed E-state index contributed by atoms with van der Waals surface area (Å²) in [6.45, 7) is 2.10. The second-order valence-electron chi connectivity index (χ2n) is 5.46. The third-order valence-corrected chi connectivity index (χ3v) is 3.92. The summed E-state index contributed by atoms with van der Waals surface area (Å²) in [5.41, 5.74) is 4.05. The highest BCUT2D eigenvalue weighted by Crippen LogP contribution is 2.27. The number of hydrogen-bond acceptors (Lipinski definition) is 3. The van der Waals surface area contributed by atoms with E-state index >= 15 is 0 Å². The Labute approximate surface area is 118 Å². The molecule has 3 rings (SSSR count). The lowest BCUT2D eigenvalue weighted by atomic mass is 10.1. The molecular weight excluding hydrogens is 250 g/mol. The largest absolute Gasteiger partial charge is 0.382 e. The van der Waals surface area contributed by atoms with Gasteiger partial charge in [-0.3, -0.25) is 4.79 Å². The smallest absolute Gasteiger partial charge is 0.264 e. The second-order valence-corrected chi connectivity index (χ2v) is 5.46. The molecule has 0 spiro atoms. The first-order valence-electron chi connectivity index (χ1n) is 7.16. The van der Waals surface area contributed by atoms with E-state index in [2.05, 4.69) is 34.6 Å². The lowest BCUT2D eigenvalue weighted by Crippen LogP contribution is -2.15. The Morgan fingerprint density at radius 3 is 2.65 bits per heavy atom. The minimum Gasteiger partial charge on any atom is -0.382 e. The standard InChI is InChI=1S/C16H19N3O/c1-11-10-12(15-8-9-16(20)19-18-15)6-7-14(11)17-13-4-2-3-5-13/h6-10,13,17H,2-5H2,1H3,(H,19,20). The van der Waals surface area contributed by atoms with Gasteiger partial charge in [0.1, 0.15) is 0 Å².